The first-order valence-corrected chi connectivity index (χ1v) is 3.31. The maximum Gasteiger partial charge on any atom is 0.309 e. The SMILES string of the molecule is O=[N+]([O-])[CH]c1ccccc1Cl. The second-order valence-corrected chi connectivity index (χ2v) is 2.34. The Hall–Kier alpha value is -1.09. The molecule has 1 aromatic carbocycles. The smallest absolute Gasteiger partial charge is 0.264 e. The van der Waals surface area contributed by atoms with Crippen molar-refractivity contribution in [2.45, 2.75) is 0 Å². The average Bonchev–Trinajstić information content (AvgIpc) is 1.93. The molecule has 0 saturated heterocycles. The minimum absolute atomic E-state index is 0.393. The Balaban J connectivity index is 2.86. The first-order valence-electron chi connectivity index (χ1n) is 2.93. The van der Waals surface area contributed by atoms with Crippen molar-refractivity contribution in [1.29, 1.82) is 0 Å². The zero-order valence-corrected chi connectivity index (χ0v) is 6.28. The zero-order valence-electron chi connectivity index (χ0n) is 5.53. The summed E-state index contributed by atoms with van der Waals surface area (Å²) >= 11 is 5.63. The quantitative estimate of drug-likeness (QED) is 0.504. The van der Waals surface area contributed by atoms with E-state index in [-0.39, 0.29) is 0 Å². The highest BCUT2D eigenvalue weighted by Crippen LogP contribution is 2.16. The van der Waals surface area contributed by atoms with E-state index in [0.29, 0.717) is 10.6 Å². The van der Waals surface area contributed by atoms with Crippen LogP contribution in [0.25, 0.3) is 0 Å². The summed E-state index contributed by atoms with van der Waals surface area (Å²) in [5, 5.41) is 10.4. The second-order valence-electron chi connectivity index (χ2n) is 1.94. The summed E-state index contributed by atoms with van der Waals surface area (Å²) in [6.07, 6.45) is 0. The lowest BCUT2D eigenvalue weighted by Crippen LogP contribution is -1.94. The molecule has 0 aliphatic carbocycles. The number of hydrogen-bond donors (Lipinski definition) is 0. The summed E-state index contributed by atoms with van der Waals surface area (Å²) in [7, 11) is 0. The lowest BCUT2D eigenvalue weighted by atomic mass is 10.2. The molecule has 1 aromatic rings. The molecule has 0 unspecified atom stereocenters. The fraction of sp³-hybridized carbons (Fsp3) is 0. The summed E-state index contributed by atoms with van der Waals surface area (Å²) in [6, 6.07) is 6.61. The number of rotatable bonds is 2. The Morgan fingerprint density at radius 3 is 2.64 bits per heavy atom. The molecule has 0 atom stereocenters. The Morgan fingerprint density at radius 2 is 2.09 bits per heavy atom. The van der Waals surface area contributed by atoms with Crippen molar-refractivity contribution >= 4 is 11.6 Å². The molecule has 0 aliphatic heterocycles. The number of halogens is 1. The van der Waals surface area contributed by atoms with Gasteiger partial charge in [0.2, 0.25) is 0 Å². The van der Waals surface area contributed by atoms with E-state index in [2.05, 4.69) is 0 Å². The van der Waals surface area contributed by atoms with Gasteiger partial charge in [0, 0.05) is 4.92 Å². The van der Waals surface area contributed by atoms with Crippen molar-refractivity contribution in [3.05, 3.63) is 51.5 Å². The van der Waals surface area contributed by atoms with E-state index >= 15 is 0 Å². The van der Waals surface area contributed by atoms with E-state index in [0.717, 1.165) is 6.54 Å². The normalized spacial score (nSPS) is 9.55. The molecule has 4 heteroatoms. The molecule has 11 heavy (non-hydrogen) atoms. The van der Waals surface area contributed by atoms with E-state index in [4.69, 9.17) is 11.6 Å². The Bertz CT molecular complexity index is 275. The van der Waals surface area contributed by atoms with Crippen molar-refractivity contribution in [3.8, 4) is 0 Å². The Morgan fingerprint density at radius 1 is 1.45 bits per heavy atom. The van der Waals surface area contributed by atoms with Crippen LogP contribution in [0.5, 0.6) is 0 Å². The van der Waals surface area contributed by atoms with Crippen LogP contribution in [0.2, 0.25) is 5.02 Å². The maximum absolute atomic E-state index is 10.0. The second kappa shape index (κ2) is 3.34. The molecular formula is C7H5ClNO2. The molecule has 0 saturated carbocycles. The number of hydrogen-bond acceptors (Lipinski definition) is 2. The maximum atomic E-state index is 10.0. The molecule has 0 aromatic heterocycles. The third-order valence-electron chi connectivity index (χ3n) is 1.15. The number of nitrogens with zero attached hydrogens (tertiary/aromatic N) is 1. The van der Waals surface area contributed by atoms with Crippen molar-refractivity contribution < 1.29 is 4.92 Å². The fourth-order valence-corrected chi connectivity index (χ4v) is 0.878. The molecule has 0 spiro atoms. The highest BCUT2D eigenvalue weighted by molar-refractivity contribution is 6.31. The van der Waals surface area contributed by atoms with Gasteiger partial charge < -0.3 is 0 Å². The standard InChI is InChI=1S/C7H5ClNO2/c8-7-4-2-1-3-6(7)5-9(10)11/h1-5H. The lowest BCUT2D eigenvalue weighted by molar-refractivity contribution is -0.429. The van der Waals surface area contributed by atoms with Crippen molar-refractivity contribution in [2.75, 3.05) is 0 Å². The van der Waals surface area contributed by atoms with Gasteiger partial charge in [0.1, 0.15) is 0 Å². The van der Waals surface area contributed by atoms with Gasteiger partial charge in [0.15, 0.2) is 0 Å². The first kappa shape index (κ1) is 8.01. The molecule has 0 N–H and O–H groups in total. The van der Waals surface area contributed by atoms with Gasteiger partial charge in [-0.2, -0.15) is 0 Å². The number of benzene rings is 1. The van der Waals surface area contributed by atoms with Crippen LogP contribution in [-0.4, -0.2) is 4.92 Å². The average molecular weight is 171 g/mol. The van der Waals surface area contributed by atoms with Gasteiger partial charge in [-0.3, -0.25) is 10.1 Å². The molecule has 57 valence electrons. The van der Waals surface area contributed by atoms with E-state index in [1.807, 2.05) is 0 Å². The summed E-state index contributed by atoms with van der Waals surface area (Å²) in [5.74, 6) is 0. The van der Waals surface area contributed by atoms with E-state index in [1.54, 1.807) is 24.3 Å². The summed E-state index contributed by atoms with van der Waals surface area (Å²) < 4.78 is 0. The van der Waals surface area contributed by atoms with Gasteiger partial charge in [0.05, 0.1) is 10.6 Å². The minimum Gasteiger partial charge on any atom is -0.264 e. The molecule has 1 rings (SSSR count). The first-order chi connectivity index (χ1) is 5.20. The fourth-order valence-electron chi connectivity index (χ4n) is 0.693. The predicted molar refractivity (Wildman–Crippen MR) is 41.8 cm³/mol. The van der Waals surface area contributed by atoms with Crippen LogP contribution in [0.4, 0.5) is 0 Å². The molecule has 0 bridgehead atoms. The van der Waals surface area contributed by atoms with Gasteiger partial charge in [-0.25, -0.2) is 0 Å². The Kier molecular flexibility index (Phi) is 2.44. The van der Waals surface area contributed by atoms with E-state index in [9.17, 15) is 10.1 Å². The molecule has 0 amide bonds. The molecule has 3 nitrogen and oxygen atoms in total. The molecule has 1 radical (unpaired) electrons. The molecule has 0 heterocycles. The summed E-state index contributed by atoms with van der Waals surface area (Å²) in [5.41, 5.74) is 0.430. The van der Waals surface area contributed by atoms with Crippen LogP contribution in [0.1, 0.15) is 5.56 Å². The van der Waals surface area contributed by atoms with Crippen molar-refractivity contribution in [1.82, 2.24) is 0 Å². The number of nitro groups is 1. The van der Waals surface area contributed by atoms with Crippen molar-refractivity contribution in [2.24, 2.45) is 0 Å². The van der Waals surface area contributed by atoms with Gasteiger partial charge in [-0.15, -0.1) is 0 Å². The topological polar surface area (TPSA) is 43.1 Å². The third kappa shape index (κ3) is 2.20. The van der Waals surface area contributed by atoms with Crippen molar-refractivity contribution in [3.63, 3.8) is 0 Å². The van der Waals surface area contributed by atoms with Crippen LogP contribution >= 0.6 is 11.6 Å². The predicted octanol–water partition coefficient (Wildman–Crippen LogP) is 2.13. The summed E-state index contributed by atoms with van der Waals surface area (Å²) in [6.45, 7) is 0.877. The van der Waals surface area contributed by atoms with Gasteiger partial charge in [-0.05, 0) is 6.07 Å². The largest absolute Gasteiger partial charge is 0.309 e. The highest BCUT2D eigenvalue weighted by atomic mass is 35.5. The monoisotopic (exact) mass is 170 g/mol. The van der Waals surface area contributed by atoms with Crippen LogP contribution in [0.15, 0.2) is 24.3 Å². The third-order valence-corrected chi connectivity index (χ3v) is 1.49. The summed E-state index contributed by atoms with van der Waals surface area (Å²) in [4.78, 5) is 9.49. The van der Waals surface area contributed by atoms with Crippen LogP contribution in [0, 0.1) is 16.7 Å². The van der Waals surface area contributed by atoms with Crippen LogP contribution in [-0.2, 0) is 0 Å². The lowest BCUT2D eigenvalue weighted by Gasteiger charge is -1.94. The highest BCUT2D eigenvalue weighted by Gasteiger charge is 2.06. The minimum atomic E-state index is -0.527. The van der Waals surface area contributed by atoms with Gasteiger partial charge in [0.25, 0.3) is 0 Å². The Labute approximate surface area is 68.8 Å². The van der Waals surface area contributed by atoms with E-state index < -0.39 is 4.92 Å². The zero-order chi connectivity index (χ0) is 8.27. The van der Waals surface area contributed by atoms with Gasteiger partial charge >= 0.3 is 6.54 Å². The van der Waals surface area contributed by atoms with Gasteiger partial charge in [-0.1, -0.05) is 29.8 Å². The van der Waals surface area contributed by atoms with E-state index in [1.165, 1.54) is 0 Å². The molecule has 0 fully saturated rings. The van der Waals surface area contributed by atoms with Crippen LogP contribution in [0.3, 0.4) is 0 Å². The van der Waals surface area contributed by atoms with Crippen LogP contribution < -0.4 is 0 Å². The molecule has 0 aliphatic rings. The molecular weight excluding hydrogens is 166 g/mol.